The molecule has 2 amide bonds. The summed E-state index contributed by atoms with van der Waals surface area (Å²) in [5.74, 6) is -7.51. The van der Waals surface area contributed by atoms with Crippen LogP contribution < -0.4 is 9.47 Å². The molecule has 0 heterocycles. The lowest BCUT2D eigenvalue weighted by Crippen LogP contribution is -2.64. The van der Waals surface area contributed by atoms with E-state index in [-0.39, 0.29) is 26.2 Å². The van der Waals surface area contributed by atoms with Crippen molar-refractivity contribution in [3.8, 4) is 23.0 Å². The third-order valence-electron chi connectivity index (χ3n) is 10.9. The first kappa shape index (κ1) is 41.0. The van der Waals surface area contributed by atoms with Crippen LogP contribution in [-0.4, -0.2) is 56.9 Å². The summed E-state index contributed by atoms with van der Waals surface area (Å²) in [7, 11) is 0. The fourth-order valence-electron chi connectivity index (χ4n) is 7.77. The van der Waals surface area contributed by atoms with Gasteiger partial charge in [-0.2, -0.15) is 0 Å². The van der Waals surface area contributed by atoms with Crippen molar-refractivity contribution in [2.45, 2.75) is 25.9 Å². The molecule has 6 aromatic carbocycles. The van der Waals surface area contributed by atoms with Crippen molar-refractivity contribution in [3.63, 3.8) is 0 Å². The number of rotatable bonds is 18. The van der Waals surface area contributed by atoms with Crippen molar-refractivity contribution in [3.05, 3.63) is 192 Å². The van der Waals surface area contributed by atoms with Crippen LogP contribution in [0.5, 0.6) is 23.0 Å². The number of carbonyl (C=O) groups excluding carboxylic acids is 2. The fourth-order valence-corrected chi connectivity index (χ4v) is 7.77. The molecule has 0 saturated heterocycles. The van der Waals surface area contributed by atoms with Crippen molar-refractivity contribution in [2.24, 2.45) is 23.7 Å². The first-order valence-corrected chi connectivity index (χ1v) is 20.0. The van der Waals surface area contributed by atoms with Gasteiger partial charge in [-0.15, -0.1) is 0 Å². The summed E-state index contributed by atoms with van der Waals surface area (Å²) in [6, 6.07) is 52.2. The summed E-state index contributed by atoms with van der Waals surface area (Å²) in [4.78, 5) is 58.5. The molecule has 1 saturated carbocycles. The molecule has 0 atom stereocenters. The number of hydrogen-bond donors (Lipinski definition) is 2. The summed E-state index contributed by atoms with van der Waals surface area (Å²) < 4.78 is 11.9. The Morgan fingerprint density at radius 1 is 0.383 bits per heavy atom. The van der Waals surface area contributed by atoms with E-state index in [2.05, 4.69) is 0 Å². The highest BCUT2D eigenvalue weighted by Gasteiger charge is 2.64. The van der Waals surface area contributed by atoms with Gasteiger partial charge >= 0.3 is 11.9 Å². The van der Waals surface area contributed by atoms with Crippen LogP contribution >= 0.6 is 0 Å². The van der Waals surface area contributed by atoms with Gasteiger partial charge in [0.05, 0.1) is 23.7 Å². The predicted molar refractivity (Wildman–Crippen MR) is 226 cm³/mol. The second-order valence-electron chi connectivity index (χ2n) is 14.9. The van der Waals surface area contributed by atoms with E-state index in [1.54, 1.807) is 24.3 Å². The van der Waals surface area contributed by atoms with Gasteiger partial charge in [0.1, 0.15) is 23.0 Å². The maximum absolute atomic E-state index is 14.6. The van der Waals surface area contributed by atoms with Crippen LogP contribution in [0.4, 0.5) is 0 Å². The van der Waals surface area contributed by atoms with E-state index in [1.807, 2.05) is 146 Å². The topological polar surface area (TPSA) is 134 Å². The molecule has 0 spiro atoms. The Labute approximate surface area is 349 Å². The molecular weight excluding hydrogens is 757 g/mol. The highest BCUT2D eigenvalue weighted by Crippen LogP contribution is 2.49. The third kappa shape index (κ3) is 10.3. The predicted octanol–water partition coefficient (Wildman–Crippen LogP) is 8.76. The smallest absolute Gasteiger partial charge is 0.308 e. The number of aliphatic carboxylic acids is 2. The van der Waals surface area contributed by atoms with Gasteiger partial charge in [-0.1, -0.05) is 121 Å². The Morgan fingerprint density at radius 3 is 1.00 bits per heavy atom. The van der Waals surface area contributed by atoms with Crippen LogP contribution in [0.15, 0.2) is 170 Å². The highest BCUT2D eigenvalue weighted by molar-refractivity contribution is 5.99. The molecule has 6 aromatic rings. The molecule has 1 aliphatic rings. The van der Waals surface area contributed by atoms with E-state index in [0.29, 0.717) is 35.8 Å². The lowest BCUT2D eigenvalue weighted by atomic mass is 9.55. The second kappa shape index (κ2) is 19.5. The molecule has 7 rings (SSSR count). The zero-order valence-electron chi connectivity index (χ0n) is 33.0. The molecule has 0 bridgehead atoms. The van der Waals surface area contributed by atoms with E-state index < -0.39 is 47.4 Å². The van der Waals surface area contributed by atoms with Crippen LogP contribution in [0.1, 0.15) is 22.3 Å². The second-order valence-corrected chi connectivity index (χ2v) is 14.9. The van der Waals surface area contributed by atoms with Crippen LogP contribution in [0.25, 0.3) is 0 Å². The van der Waals surface area contributed by atoms with Crippen LogP contribution in [0, 0.1) is 23.7 Å². The molecule has 0 unspecified atom stereocenters. The van der Waals surface area contributed by atoms with E-state index >= 15 is 0 Å². The van der Waals surface area contributed by atoms with Gasteiger partial charge < -0.3 is 29.5 Å². The molecule has 1 aliphatic carbocycles. The first-order valence-electron chi connectivity index (χ1n) is 20.0. The van der Waals surface area contributed by atoms with Crippen molar-refractivity contribution in [2.75, 3.05) is 13.1 Å². The molecule has 10 heteroatoms. The Morgan fingerprint density at radius 2 is 0.683 bits per heavy atom. The number of carboxylic acids is 2. The number of carbonyl (C=O) groups is 4. The number of para-hydroxylation sites is 2. The standard InChI is InChI=1S/C50H46N2O8/c53-47(51(31-29-35-13-5-1-6-14-35)33-37-21-25-41(26-22-37)59-39-17-9-3-10-18-39)43-45(49(55)56)44(46(43)50(57)58)48(54)52(32-30-36-15-7-2-8-16-36)34-38-23-27-42(28-24-38)60-40-19-11-4-12-20-40/h1-28,43-46H,29-34H2,(H,55,56)(H,57,58). The normalized spacial score (nSPS) is 16.8. The fraction of sp³-hybridized carbons (Fsp3) is 0.200. The van der Waals surface area contributed by atoms with Crippen LogP contribution in [0.2, 0.25) is 0 Å². The van der Waals surface area contributed by atoms with Gasteiger partial charge in [-0.25, -0.2) is 0 Å². The van der Waals surface area contributed by atoms with Crippen LogP contribution in [0.3, 0.4) is 0 Å². The minimum absolute atomic E-state index is 0.0955. The largest absolute Gasteiger partial charge is 0.481 e. The third-order valence-corrected chi connectivity index (χ3v) is 10.9. The first-order chi connectivity index (χ1) is 29.2. The number of carboxylic acid groups (broad SMARTS) is 2. The Kier molecular flexibility index (Phi) is 13.3. The van der Waals surface area contributed by atoms with Crippen molar-refractivity contribution >= 4 is 23.8 Å². The summed E-state index contributed by atoms with van der Waals surface area (Å²) >= 11 is 0. The Hall–Kier alpha value is -7.20. The number of benzene rings is 6. The zero-order chi connectivity index (χ0) is 41.8. The Balaban J connectivity index is 1.13. The average Bonchev–Trinajstić information content (AvgIpc) is 3.25. The molecule has 0 aliphatic heterocycles. The van der Waals surface area contributed by atoms with Gasteiger partial charge in [0.25, 0.3) is 0 Å². The molecule has 2 N–H and O–H groups in total. The molecule has 304 valence electrons. The monoisotopic (exact) mass is 802 g/mol. The van der Waals surface area contributed by atoms with E-state index in [9.17, 15) is 29.4 Å². The van der Waals surface area contributed by atoms with Crippen molar-refractivity contribution in [1.29, 1.82) is 0 Å². The zero-order valence-corrected chi connectivity index (χ0v) is 33.0. The maximum Gasteiger partial charge on any atom is 0.308 e. The van der Waals surface area contributed by atoms with Gasteiger partial charge in [-0.3, -0.25) is 19.2 Å². The number of hydrogen-bond acceptors (Lipinski definition) is 6. The van der Waals surface area contributed by atoms with Gasteiger partial charge in [0, 0.05) is 26.2 Å². The summed E-state index contributed by atoms with van der Waals surface area (Å²) in [5, 5.41) is 21.3. The number of nitrogens with zero attached hydrogens (tertiary/aromatic N) is 2. The summed E-state index contributed by atoms with van der Waals surface area (Å²) in [5.41, 5.74) is 3.41. The van der Waals surface area contributed by atoms with E-state index in [4.69, 9.17) is 9.47 Å². The minimum Gasteiger partial charge on any atom is -0.481 e. The molecule has 0 aromatic heterocycles. The minimum atomic E-state index is -1.55. The summed E-state index contributed by atoms with van der Waals surface area (Å²) in [6.45, 7) is 0.592. The molecular formula is C50H46N2O8. The molecule has 60 heavy (non-hydrogen) atoms. The molecule has 1 fully saturated rings. The lowest BCUT2D eigenvalue weighted by Gasteiger charge is -2.48. The SMILES string of the molecule is O=C(O)C1C(C(=O)N(CCc2ccccc2)Cc2ccc(Oc3ccccc3)cc2)C(C(=O)O)C1C(=O)N(CCc1ccccc1)Cc1ccc(Oc2ccccc2)cc1. The van der Waals surface area contributed by atoms with Gasteiger partial charge in [0.2, 0.25) is 11.8 Å². The van der Waals surface area contributed by atoms with Gasteiger partial charge in [-0.05, 0) is 83.6 Å². The number of ether oxygens (including phenoxy) is 2. The Bertz CT molecular complexity index is 2170. The quantitative estimate of drug-likeness (QED) is 0.0882. The van der Waals surface area contributed by atoms with E-state index in [1.165, 1.54) is 9.80 Å². The van der Waals surface area contributed by atoms with Crippen molar-refractivity contribution in [1.82, 2.24) is 9.80 Å². The van der Waals surface area contributed by atoms with E-state index in [0.717, 1.165) is 22.3 Å². The lowest BCUT2D eigenvalue weighted by molar-refractivity contribution is -0.187. The van der Waals surface area contributed by atoms with Crippen molar-refractivity contribution < 1.29 is 38.9 Å². The highest BCUT2D eigenvalue weighted by atomic mass is 16.5. The number of amides is 2. The summed E-state index contributed by atoms with van der Waals surface area (Å²) in [6.07, 6.45) is 0.906. The molecule has 10 nitrogen and oxygen atoms in total. The van der Waals surface area contributed by atoms with Gasteiger partial charge in [0.15, 0.2) is 0 Å². The average molecular weight is 803 g/mol. The van der Waals surface area contributed by atoms with Crippen LogP contribution in [-0.2, 0) is 45.1 Å². The molecule has 0 radical (unpaired) electrons. The maximum atomic E-state index is 14.6.